The van der Waals surface area contributed by atoms with Crippen LogP contribution in [0.2, 0.25) is 5.02 Å². The molecule has 0 aliphatic carbocycles. The Balaban J connectivity index is 2.18. The van der Waals surface area contributed by atoms with Crippen molar-refractivity contribution in [2.45, 2.75) is 6.61 Å². The van der Waals surface area contributed by atoms with Crippen molar-refractivity contribution < 1.29 is 4.74 Å². The van der Waals surface area contributed by atoms with Crippen LogP contribution in [0.5, 0.6) is 5.75 Å². The first kappa shape index (κ1) is 12.3. The molecule has 3 N–H and O–H groups in total. The highest BCUT2D eigenvalue weighted by Gasteiger charge is 2.08. The molecule has 0 aliphatic heterocycles. The summed E-state index contributed by atoms with van der Waals surface area (Å²) >= 11 is 5.88. The second kappa shape index (κ2) is 5.46. The molecule has 6 heteroatoms. The van der Waals surface area contributed by atoms with E-state index >= 15 is 0 Å². The Morgan fingerprint density at radius 3 is 2.72 bits per heavy atom. The van der Waals surface area contributed by atoms with Crippen LogP contribution in [-0.2, 0) is 6.61 Å². The maximum absolute atomic E-state index is 7.45. The number of nitrogens with zero attached hydrogens (tertiary/aromatic N) is 2. The van der Waals surface area contributed by atoms with Crippen molar-refractivity contribution in [3.05, 3.63) is 53.1 Å². The molecule has 0 saturated heterocycles. The third kappa shape index (κ3) is 2.95. The number of hydrogen-bond donors (Lipinski definition) is 2. The minimum Gasteiger partial charge on any atom is -0.485 e. The van der Waals surface area contributed by atoms with Crippen LogP contribution >= 0.6 is 11.6 Å². The molecule has 5 nitrogen and oxygen atoms in total. The van der Waals surface area contributed by atoms with Crippen LogP contribution < -0.4 is 10.5 Å². The Morgan fingerprint density at radius 1 is 1.33 bits per heavy atom. The number of hydrogen-bond acceptors (Lipinski definition) is 4. The molecule has 0 aliphatic rings. The molecular formula is C12H11ClN4O. The van der Waals surface area contributed by atoms with E-state index in [-0.39, 0.29) is 12.4 Å². The lowest BCUT2D eigenvalue weighted by Crippen LogP contribution is -2.13. The third-order valence-electron chi connectivity index (χ3n) is 2.21. The number of halogens is 1. The molecular weight excluding hydrogens is 252 g/mol. The van der Waals surface area contributed by atoms with Gasteiger partial charge in [-0.2, -0.15) is 0 Å². The van der Waals surface area contributed by atoms with E-state index < -0.39 is 0 Å². The highest BCUT2D eigenvalue weighted by Crippen LogP contribution is 2.23. The van der Waals surface area contributed by atoms with Gasteiger partial charge in [0.1, 0.15) is 18.2 Å². The van der Waals surface area contributed by atoms with Gasteiger partial charge in [0.2, 0.25) is 0 Å². The summed E-state index contributed by atoms with van der Waals surface area (Å²) in [6, 6.07) is 6.64. The number of amidine groups is 1. The zero-order valence-corrected chi connectivity index (χ0v) is 10.2. The molecule has 1 heterocycles. The van der Waals surface area contributed by atoms with Crippen molar-refractivity contribution in [2.24, 2.45) is 5.73 Å². The second-order valence-electron chi connectivity index (χ2n) is 3.51. The van der Waals surface area contributed by atoms with Gasteiger partial charge in [-0.25, -0.2) is 9.97 Å². The predicted molar refractivity (Wildman–Crippen MR) is 68.8 cm³/mol. The van der Waals surface area contributed by atoms with Crippen molar-refractivity contribution in [2.75, 3.05) is 0 Å². The molecule has 18 heavy (non-hydrogen) atoms. The van der Waals surface area contributed by atoms with Crippen molar-refractivity contribution in [3.8, 4) is 5.75 Å². The molecule has 0 spiro atoms. The fourth-order valence-electron chi connectivity index (χ4n) is 1.38. The SMILES string of the molecule is N=C(N)c1ccc(Cl)cc1OCc1ncccn1. The lowest BCUT2D eigenvalue weighted by Gasteiger charge is -2.10. The first-order valence-corrected chi connectivity index (χ1v) is 5.57. The molecule has 2 rings (SSSR count). The lowest BCUT2D eigenvalue weighted by atomic mass is 10.2. The van der Waals surface area contributed by atoms with E-state index in [0.717, 1.165) is 0 Å². The molecule has 0 amide bonds. The number of rotatable bonds is 4. The van der Waals surface area contributed by atoms with Gasteiger partial charge in [0.15, 0.2) is 5.82 Å². The number of ether oxygens (including phenoxy) is 1. The number of benzene rings is 1. The van der Waals surface area contributed by atoms with Crippen molar-refractivity contribution >= 4 is 17.4 Å². The van der Waals surface area contributed by atoms with Gasteiger partial charge in [-0.3, -0.25) is 5.41 Å². The van der Waals surface area contributed by atoms with Gasteiger partial charge in [-0.1, -0.05) is 11.6 Å². The van der Waals surface area contributed by atoms with Gasteiger partial charge in [0.05, 0.1) is 5.56 Å². The van der Waals surface area contributed by atoms with Crippen molar-refractivity contribution in [1.82, 2.24) is 9.97 Å². The Bertz CT molecular complexity index is 559. The summed E-state index contributed by atoms with van der Waals surface area (Å²) in [5.41, 5.74) is 5.96. The van der Waals surface area contributed by atoms with Gasteiger partial charge in [-0.15, -0.1) is 0 Å². The maximum Gasteiger partial charge on any atom is 0.166 e. The fourth-order valence-corrected chi connectivity index (χ4v) is 1.55. The molecule has 1 aromatic carbocycles. The van der Waals surface area contributed by atoms with E-state index in [4.69, 9.17) is 27.5 Å². The number of nitrogen functional groups attached to an aromatic ring is 1. The van der Waals surface area contributed by atoms with Crippen molar-refractivity contribution in [1.29, 1.82) is 5.41 Å². The molecule has 0 radical (unpaired) electrons. The van der Waals surface area contributed by atoms with Crippen LogP contribution in [0.3, 0.4) is 0 Å². The second-order valence-corrected chi connectivity index (χ2v) is 3.94. The summed E-state index contributed by atoms with van der Waals surface area (Å²) in [6.45, 7) is 0.196. The number of nitrogens with one attached hydrogen (secondary N) is 1. The number of aromatic nitrogens is 2. The van der Waals surface area contributed by atoms with Gasteiger partial charge in [0, 0.05) is 17.4 Å². The van der Waals surface area contributed by atoms with Gasteiger partial charge in [0.25, 0.3) is 0 Å². The first-order valence-electron chi connectivity index (χ1n) is 5.19. The van der Waals surface area contributed by atoms with E-state index in [9.17, 15) is 0 Å². The third-order valence-corrected chi connectivity index (χ3v) is 2.44. The zero-order valence-electron chi connectivity index (χ0n) is 9.43. The average molecular weight is 263 g/mol. The summed E-state index contributed by atoms with van der Waals surface area (Å²) in [4.78, 5) is 8.07. The molecule has 0 atom stereocenters. The van der Waals surface area contributed by atoms with Crippen LogP contribution in [0.4, 0.5) is 0 Å². The van der Waals surface area contributed by atoms with Crippen LogP contribution in [0.15, 0.2) is 36.7 Å². The fraction of sp³-hybridized carbons (Fsp3) is 0.0833. The summed E-state index contributed by atoms with van der Waals surface area (Å²) in [5.74, 6) is 0.921. The van der Waals surface area contributed by atoms with E-state index in [2.05, 4.69) is 9.97 Å². The van der Waals surface area contributed by atoms with Gasteiger partial charge in [-0.05, 0) is 24.3 Å². The molecule has 0 unspecified atom stereocenters. The van der Waals surface area contributed by atoms with Gasteiger partial charge < -0.3 is 10.5 Å². The van der Waals surface area contributed by atoms with Crippen LogP contribution in [0, 0.1) is 5.41 Å². The largest absolute Gasteiger partial charge is 0.485 e. The van der Waals surface area contributed by atoms with E-state index in [1.165, 1.54) is 0 Å². The lowest BCUT2D eigenvalue weighted by molar-refractivity contribution is 0.295. The smallest absolute Gasteiger partial charge is 0.166 e. The molecule has 92 valence electrons. The Hall–Kier alpha value is -2.14. The molecule has 0 fully saturated rings. The molecule has 2 aromatic rings. The first-order chi connectivity index (χ1) is 8.66. The van der Waals surface area contributed by atoms with Crippen LogP contribution in [0.25, 0.3) is 0 Å². The average Bonchev–Trinajstić information content (AvgIpc) is 2.37. The standard InChI is InChI=1S/C12H11ClN4O/c13-8-2-3-9(12(14)15)10(6-8)18-7-11-16-4-1-5-17-11/h1-6H,7H2,(H3,14,15). The maximum atomic E-state index is 7.45. The molecule has 0 saturated carbocycles. The molecule has 1 aromatic heterocycles. The normalized spacial score (nSPS) is 10.1. The van der Waals surface area contributed by atoms with E-state index in [0.29, 0.717) is 22.2 Å². The van der Waals surface area contributed by atoms with Gasteiger partial charge >= 0.3 is 0 Å². The minimum absolute atomic E-state index is 0.0735. The van der Waals surface area contributed by atoms with Crippen LogP contribution in [0.1, 0.15) is 11.4 Å². The quantitative estimate of drug-likeness (QED) is 0.652. The highest BCUT2D eigenvalue weighted by molar-refractivity contribution is 6.30. The summed E-state index contributed by atoms with van der Waals surface area (Å²) < 4.78 is 5.54. The summed E-state index contributed by atoms with van der Waals surface area (Å²) in [6.07, 6.45) is 3.27. The highest BCUT2D eigenvalue weighted by atomic mass is 35.5. The van der Waals surface area contributed by atoms with Crippen molar-refractivity contribution in [3.63, 3.8) is 0 Å². The minimum atomic E-state index is -0.0735. The Morgan fingerprint density at radius 2 is 2.06 bits per heavy atom. The Kier molecular flexibility index (Phi) is 3.74. The Labute approximate surface area is 109 Å². The predicted octanol–water partition coefficient (Wildman–Crippen LogP) is 1.99. The zero-order chi connectivity index (χ0) is 13.0. The monoisotopic (exact) mass is 262 g/mol. The summed E-state index contributed by atoms with van der Waals surface area (Å²) in [7, 11) is 0. The number of nitrogens with two attached hydrogens (primary N) is 1. The van der Waals surface area contributed by atoms with Crippen LogP contribution in [-0.4, -0.2) is 15.8 Å². The summed E-state index contributed by atoms with van der Waals surface area (Å²) in [5, 5.41) is 7.97. The topological polar surface area (TPSA) is 84.9 Å². The van der Waals surface area contributed by atoms with E-state index in [1.54, 1.807) is 36.7 Å². The van der Waals surface area contributed by atoms with E-state index in [1.807, 2.05) is 0 Å². The molecule has 0 bridgehead atoms.